The molecular formula is C25H28N4O4S. The van der Waals surface area contributed by atoms with Crippen LogP contribution in [0.1, 0.15) is 45.4 Å². The lowest BCUT2D eigenvalue weighted by molar-refractivity contribution is -0.118. The lowest BCUT2D eigenvalue weighted by Crippen LogP contribution is -2.36. The second kappa shape index (κ2) is 10.7. The summed E-state index contributed by atoms with van der Waals surface area (Å²) in [6.07, 6.45) is 1.36. The van der Waals surface area contributed by atoms with E-state index < -0.39 is 6.23 Å². The molecule has 34 heavy (non-hydrogen) atoms. The standard InChI is InChI=1S/C25H28N4O4S/c1-5-7-14-34-25-26-23-22(27-28-25)18-10-8-9-11-19(18)29(16(3)30)24(33-23)17-12-13-20(32-6-2)21(15-17)31-4/h8-13,15,24H,5-7,14H2,1-4H3/t24-/m0/s1. The van der Waals surface area contributed by atoms with E-state index in [0.29, 0.717) is 40.5 Å². The van der Waals surface area contributed by atoms with Gasteiger partial charge in [-0.1, -0.05) is 43.3 Å². The number of hydrogen-bond acceptors (Lipinski definition) is 8. The highest BCUT2D eigenvalue weighted by Gasteiger charge is 2.35. The number of hydrogen-bond donors (Lipinski definition) is 0. The number of ether oxygens (including phenoxy) is 3. The monoisotopic (exact) mass is 480 g/mol. The number of carbonyl (C=O) groups is 1. The largest absolute Gasteiger partial charge is 0.493 e. The van der Waals surface area contributed by atoms with E-state index in [4.69, 9.17) is 14.2 Å². The van der Waals surface area contributed by atoms with Crippen LogP contribution in [-0.4, -0.2) is 40.6 Å². The van der Waals surface area contributed by atoms with Gasteiger partial charge in [0, 0.05) is 23.8 Å². The summed E-state index contributed by atoms with van der Waals surface area (Å²) in [4.78, 5) is 19.2. The van der Waals surface area contributed by atoms with Crippen molar-refractivity contribution < 1.29 is 19.0 Å². The first-order valence-electron chi connectivity index (χ1n) is 11.3. The van der Waals surface area contributed by atoms with Crippen LogP contribution >= 0.6 is 11.8 Å². The lowest BCUT2D eigenvalue weighted by Gasteiger charge is -2.30. The number of benzene rings is 2. The lowest BCUT2D eigenvalue weighted by atomic mass is 10.1. The number of methoxy groups -OCH3 is 1. The molecule has 2 aromatic carbocycles. The van der Waals surface area contributed by atoms with Crippen LogP contribution in [0, 0.1) is 0 Å². The Balaban J connectivity index is 1.84. The van der Waals surface area contributed by atoms with Crippen LogP contribution in [0.3, 0.4) is 0 Å². The zero-order chi connectivity index (χ0) is 24.1. The quantitative estimate of drug-likeness (QED) is 0.318. The van der Waals surface area contributed by atoms with Crippen molar-refractivity contribution >= 4 is 23.4 Å². The van der Waals surface area contributed by atoms with Crippen LogP contribution in [0.5, 0.6) is 17.4 Å². The Morgan fingerprint density at radius 2 is 1.97 bits per heavy atom. The molecule has 0 aliphatic carbocycles. The van der Waals surface area contributed by atoms with Gasteiger partial charge in [-0.15, -0.1) is 10.2 Å². The number of para-hydroxylation sites is 1. The highest BCUT2D eigenvalue weighted by Crippen LogP contribution is 2.44. The van der Waals surface area contributed by atoms with Crippen molar-refractivity contribution in [2.45, 2.75) is 45.0 Å². The van der Waals surface area contributed by atoms with Crippen LogP contribution in [0.4, 0.5) is 5.69 Å². The van der Waals surface area contributed by atoms with Crippen LogP contribution in [-0.2, 0) is 4.79 Å². The van der Waals surface area contributed by atoms with Gasteiger partial charge in [0.1, 0.15) is 0 Å². The summed E-state index contributed by atoms with van der Waals surface area (Å²) in [6, 6.07) is 13.1. The molecule has 1 aromatic heterocycles. The van der Waals surface area contributed by atoms with E-state index in [0.717, 1.165) is 29.7 Å². The number of amides is 1. The fourth-order valence-electron chi connectivity index (χ4n) is 3.75. The molecule has 0 N–H and O–H groups in total. The third-order valence-corrected chi connectivity index (χ3v) is 6.28. The summed E-state index contributed by atoms with van der Waals surface area (Å²) in [7, 11) is 1.58. The van der Waals surface area contributed by atoms with Gasteiger partial charge >= 0.3 is 0 Å². The van der Waals surface area contributed by atoms with Crippen molar-refractivity contribution in [1.29, 1.82) is 0 Å². The van der Waals surface area contributed by atoms with Gasteiger partial charge in [0.25, 0.3) is 0 Å². The van der Waals surface area contributed by atoms with Crippen molar-refractivity contribution in [3.63, 3.8) is 0 Å². The van der Waals surface area contributed by atoms with Gasteiger partial charge in [-0.05, 0) is 37.6 Å². The fraction of sp³-hybridized carbons (Fsp3) is 0.360. The Morgan fingerprint density at radius 3 is 2.71 bits per heavy atom. The predicted molar refractivity (Wildman–Crippen MR) is 132 cm³/mol. The molecule has 0 bridgehead atoms. The Morgan fingerprint density at radius 1 is 1.15 bits per heavy atom. The molecule has 1 aliphatic rings. The number of rotatable bonds is 8. The summed E-state index contributed by atoms with van der Waals surface area (Å²) >= 11 is 1.54. The maximum Gasteiger partial charge on any atom is 0.247 e. The number of aromatic nitrogens is 3. The van der Waals surface area contributed by atoms with Crippen molar-refractivity contribution in [3.05, 3.63) is 48.0 Å². The molecular weight excluding hydrogens is 452 g/mol. The maximum absolute atomic E-state index is 12.9. The minimum absolute atomic E-state index is 0.177. The number of fused-ring (bicyclic) bond motifs is 3. The summed E-state index contributed by atoms with van der Waals surface area (Å²) in [5.41, 5.74) is 2.63. The highest BCUT2D eigenvalue weighted by molar-refractivity contribution is 7.99. The summed E-state index contributed by atoms with van der Waals surface area (Å²) in [5, 5.41) is 9.31. The molecule has 4 rings (SSSR count). The molecule has 0 unspecified atom stereocenters. The molecule has 2 heterocycles. The summed E-state index contributed by atoms with van der Waals surface area (Å²) in [5.74, 6) is 2.23. The van der Waals surface area contributed by atoms with Gasteiger partial charge < -0.3 is 14.2 Å². The van der Waals surface area contributed by atoms with Crippen LogP contribution < -0.4 is 19.1 Å². The maximum atomic E-state index is 12.9. The van der Waals surface area contributed by atoms with E-state index in [1.807, 2.05) is 49.4 Å². The first kappa shape index (κ1) is 23.8. The van der Waals surface area contributed by atoms with E-state index in [1.54, 1.807) is 23.8 Å². The summed E-state index contributed by atoms with van der Waals surface area (Å²) in [6.45, 7) is 6.08. The second-order valence-corrected chi connectivity index (χ2v) is 8.73. The molecule has 3 aromatic rings. The molecule has 1 atom stereocenters. The van der Waals surface area contributed by atoms with Crippen molar-refractivity contribution in [3.8, 4) is 28.6 Å². The van der Waals surface area contributed by atoms with E-state index in [-0.39, 0.29) is 5.91 Å². The van der Waals surface area contributed by atoms with Gasteiger partial charge in [0.15, 0.2) is 17.2 Å². The smallest absolute Gasteiger partial charge is 0.247 e. The number of carbonyl (C=O) groups excluding carboxylic acids is 1. The minimum Gasteiger partial charge on any atom is -0.493 e. The first-order chi connectivity index (χ1) is 16.6. The van der Waals surface area contributed by atoms with Crippen molar-refractivity contribution in [2.75, 3.05) is 24.4 Å². The molecule has 8 nitrogen and oxygen atoms in total. The Kier molecular flexibility index (Phi) is 7.52. The van der Waals surface area contributed by atoms with E-state index >= 15 is 0 Å². The van der Waals surface area contributed by atoms with Crippen LogP contribution in [0.25, 0.3) is 11.3 Å². The van der Waals surface area contributed by atoms with E-state index in [2.05, 4.69) is 22.1 Å². The SMILES string of the molecule is CCCCSc1nnc2c(n1)O[C@@H](c1ccc(OCC)c(OC)c1)N(C(C)=O)c1ccccc1-2. The number of nitrogens with zero attached hydrogens (tertiary/aromatic N) is 4. The molecule has 0 spiro atoms. The zero-order valence-electron chi connectivity index (χ0n) is 19.8. The Bertz CT molecular complexity index is 1170. The summed E-state index contributed by atoms with van der Waals surface area (Å²) < 4.78 is 17.6. The normalized spacial score (nSPS) is 14.5. The van der Waals surface area contributed by atoms with Crippen molar-refractivity contribution in [2.24, 2.45) is 0 Å². The molecule has 0 saturated carbocycles. The van der Waals surface area contributed by atoms with Crippen LogP contribution in [0.15, 0.2) is 47.6 Å². The minimum atomic E-state index is -0.783. The number of anilines is 1. The molecule has 0 saturated heterocycles. The Labute approximate surface area is 203 Å². The van der Waals surface area contributed by atoms with E-state index in [1.165, 1.54) is 6.92 Å². The van der Waals surface area contributed by atoms with Gasteiger partial charge in [0.2, 0.25) is 23.2 Å². The second-order valence-electron chi connectivity index (χ2n) is 7.67. The molecule has 0 radical (unpaired) electrons. The predicted octanol–water partition coefficient (Wildman–Crippen LogP) is 5.28. The average molecular weight is 481 g/mol. The van der Waals surface area contributed by atoms with Gasteiger partial charge in [0.05, 0.1) is 19.4 Å². The third kappa shape index (κ3) is 4.79. The van der Waals surface area contributed by atoms with Gasteiger partial charge in [-0.3, -0.25) is 9.69 Å². The molecule has 0 fully saturated rings. The zero-order valence-corrected chi connectivity index (χ0v) is 20.6. The van der Waals surface area contributed by atoms with Gasteiger partial charge in [-0.2, -0.15) is 4.98 Å². The van der Waals surface area contributed by atoms with E-state index in [9.17, 15) is 4.79 Å². The molecule has 1 amide bonds. The molecule has 178 valence electrons. The topological polar surface area (TPSA) is 86.7 Å². The fourth-order valence-corrected chi connectivity index (χ4v) is 4.61. The third-order valence-electron chi connectivity index (χ3n) is 5.35. The molecule has 1 aliphatic heterocycles. The van der Waals surface area contributed by atoms with Gasteiger partial charge in [-0.25, -0.2) is 0 Å². The average Bonchev–Trinajstić information content (AvgIpc) is 2.99. The van der Waals surface area contributed by atoms with Crippen molar-refractivity contribution in [1.82, 2.24) is 15.2 Å². The Hall–Kier alpha value is -3.33. The molecule has 9 heteroatoms. The highest BCUT2D eigenvalue weighted by atomic mass is 32.2. The number of thioether (sulfide) groups is 1. The number of unbranched alkanes of at least 4 members (excludes halogenated alkanes) is 1. The first-order valence-corrected chi connectivity index (χ1v) is 12.3. The van der Waals surface area contributed by atoms with Crippen LogP contribution in [0.2, 0.25) is 0 Å².